The standard InChI is InChI=1S/C23H27NO5/c1-5-28-20-13-11-18(15-21(20)27-4)12-14-23(26)29-16-22(25)24(3)17(2)19-9-7-6-8-10-19/h6-15,17H,5,16H2,1-4H3/b14-12+/t17-/m1/s1. The molecule has 0 aliphatic carbocycles. The monoisotopic (exact) mass is 397 g/mol. The molecule has 6 nitrogen and oxygen atoms in total. The molecule has 29 heavy (non-hydrogen) atoms. The van der Waals surface area contributed by atoms with Crippen LogP contribution in [0.25, 0.3) is 6.08 Å². The number of ether oxygens (including phenoxy) is 3. The maximum absolute atomic E-state index is 12.3. The van der Waals surface area contributed by atoms with E-state index in [1.807, 2.05) is 44.2 Å². The number of esters is 1. The number of amides is 1. The Labute approximate surface area is 171 Å². The van der Waals surface area contributed by atoms with Gasteiger partial charge in [0.2, 0.25) is 0 Å². The van der Waals surface area contributed by atoms with Crippen LogP contribution in [-0.2, 0) is 14.3 Å². The minimum Gasteiger partial charge on any atom is -0.493 e. The molecule has 2 aromatic rings. The molecule has 2 aromatic carbocycles. The van der Waals surface area contributed by atoms with Gasteiger partial charge in [-0.25, -0.2) is 4.79 Å². The number of hydrogen-bond acceptors (Lipinski definition) is 5. The number of hydrogen-bond donors (Lipinski definition) is 0. The van der Waals surface area contributed by atoms with Gasteiger partial charge >= 0.3 is 5.97 Å². The topological polar surface area (TPSA) is 65.1 Å². The molecule has 0 saturated carbocycles. The van der Waals surface area contributed by atoms with E-state index < -0.39 is 5.97 Å². The van der Waals surface area contributed by atoms with Crippen molar-refractivity contribution in [1.82, 2.24) is 4.90 Å². The number of carbonyl (C=O) groups is 2. The van der Waals surface area contributed by atoms with Gasteiger partial charge in [-0.15, -0.1) is 0 Å². The molecule has 0 N–H and O–H groups in total. The number of nitrogens with zero attached hydrogens (tertiary/aromatic N) is 1. The fraction of sp³-hybridized carbons (Fsp3) is 0.304. The molecule has 0 saturated heterocycles. The van der Waals surface area contributed by atoms with E-state index >= 15 is 0 Å². The summed E-state index contributed by atoms with van der Waals surface area (Å²) in [6.07, 6.45) is 2.88. The fourth-order valence-corrected chi connectivity index (χ4v) is 2.68. The highest BCUT2D eigenvalue weighted by Crippen LogP contribution is 2.28. The molecule has 0 bridgehead atoms. The van der Waals surface area contributed by atoms with Crippen molar-refractivity contribution < 1.29 is 23.8 Å². The quantitative estimate of drug-likeness (QED) is 0.475. The lowest BCUT2D eigenvalue weighted by molar-refractivity contribution is -0.148. The van der Waals surface area contributed by atoms with Gasteiger partial charge in [-0.2, -0.15) is 0 Å². The van der Waals surface area contributed by atoms with Gasteiger partial charge in [-0.05, 0) is 43.2 Å². The van der Waals surface area contributed by atoms with Crippen molar-refractivity contribution in [2.45, 2.75) is 19.9 Å². The van der Waals surface area contributed by atoms with Crippen LogP contribution in [0.2, 0.25) is 0 Å². The Hall–Kier alpha value is -3.28. The summed E-state index contributed by atoms with van der Waals surface area (Å²) in [5.74, 6) is 0.350. The van der Waals surface area contributed by atoms with Gasteiger partial charge in [-0.3, -0.25) is 4.79 Å². The zero-order valence-corrected chi connectivity index (χ0v) is 17.3. The van der Waals surface area contributed by atoms with Crippen LogP contribution in [0.4, 0.5) is 0 Å². The first kappa shape index (κ1) is 22.0. The van der Waals surface area contributed by atoms with Crippen LogP contribution in [-0.4, -0.2) is 44.1 Å². The Morgan fingerprint density at radius 3 is 2.48 bits per heavy atom. The maximum atomic E-state index is 12.3. The third kappa shape index (κ3) is 6.38. The van der Waals surface area contributed by atoms with E-state index in [2.05, 4.69) is 0 Å². The molecule has 1 atom stereocenters. The second-order valence-electron chi connectivity index (χ2n) is 6.38. The summed E-state index contributed by atoms with van der Waals surface area (Å²) in [5.41, 5.74) is 1.77. The van der Waals surface area contributed by atoms with E-state index in [1.165, 1.54) is 6.08 Å². The molecular formula is C23H27NO5. The molecule has 0 aromatic heterocycles. The zero-order chi connectivity index (χ0) is 21.2. The van der Waals surface area contributed by atoms with Crippen molar-refractivity contribution in [3.8, 4) is 11.5 Å². The molecule has 0 radical (unpaired) electrons. The van der Waals surface area contributed by atoms with Gasteiger partial charge in [-0.1, -0.05) is 36.4 Å². The third-order valence-corrected chi connectivity index (χ3v) is 4.49. The molecule has 0 aliphatic heterocycles. The van der Waals surface area contributed by atoms with Crippen LogP contribution >= 0.6 is 0 Å². The van der Waals surface area contributed by atoms with Gasteiger partial charge in [0, 0.05) is 13.1 Å². The molecule has 154 valence electrons. The van der Waals surface area contributed by atoms with E-state index in [0.29, 0.717) is 18.1 Å². The predicted molar refractivity (Wildman–Crippen MR) is 112 cm³/mol. The van der Waals surface area contributed by atoms with E-state index in [0.717, 1.165) is 11.1 Å². The Bertz CT molecular complexity index is 848. The molecule has 0 aliphatic rings. The molecule has 0 fully saturated rings. The lowest BCUT2D eigenvalue weighted by Crippen LogP contribution is -2.33. The largest absolute Gasteiger partial charge is 0.493 e. The van der Waals surface area contributed by atoms with Gasteiger partial charge in [0.15, 0.2) is 18.1 Å². The number of benzene rings is 2. The summed E-state index contributed by atoms with van der Waals surface area (Å²) < 4.78 is 15.8. The highest BCUT2D eigenvalue weighted by Gasteiger charge is 2.18. The number of likely N-dealkylation sites (N-methyl/N-ethyl adjacent to an activating group) is 1. The Morgan fingerprint density at radius 2 is 1.83 bits per heavy atom. The van der Waals surface area contributed by atoms with Crippen LogP contribution in [0.1, 0.15) is 31.0 Å². The Balaban J connectivity index is 1.89. The molecular weight excluding hydrogens is 370 g/mol. The minimum absolute atomic E-state index is 0.116. The van der Waals surface area contributed by atoms with Gasteiger partial charge in [0.25, 0.3) is 5.91 Å². The predicted octanol–water partition coefficient (Wildman–Crippen LogP) is 3.87. The van der Waals surface area contributed by atoms with E-state index in [9.17, 15) is 9.59 Å². The first-order chi connectivity index (χ1) is 14.0. The second-order valence-corrected chi connectivity index (χ2v) is 6.38. The van der Waals surface area contributed by atoms with Crippen molar-refractivity contribution in [1.29, 1.82) is 0 Å². The van der Waals surface area contributed by atoms with Crippen LogP contribution < -0.4 is 9.47 Å². The lowest BCUT2D eigenvalue weighted by Gasteiger charge is -2.25. The molecule has 0 heterocycles. The molecule has 1 amide bonds. The van der Waals surface area contributed by atoms with Crippen LogP contribution in [0.3, 0.4) is 0 Å². The Kier molecular flexibility index (Phi) is 8.27. The van der Waals surface area contributed by atoms with E-state index in [1.54, 1.807) is 43.3 Å². The van der Waals surface area contributed by atoms with E-state index in [4.69, 9.17) is 14.2 Å². The maximum Gasteiger partial charge on any atom is 0.331 e. The smallest absolute Gasteiger partial charge is 0.331 e. The third-order valence-electron chi connectivity index (χ3n) is 4.49. The number of carbonyl (C=O) groups excluding carboxylic acids is 2. The number of methoxy groups -OCH3 is 1. The molecule has 0 spiro atoms. The van der Waals surface area contributed by atoms with Crippen molar-refractivity contribution >= 4 is 18.0 Å². The van der Waals surface area contributed by atoms with Gasteiger partial charge < -0.3 is 19.1 Å². The average molecular weight is 397 g/mol. The summed E-state index contributed by atoms with van der Waals surface area (Å²) in [7, 11) is 3.24. The van der Waals surface area contributed by atoms with Crippen LogP contribution in [0, 0.1) is 0 Å². The molecule has 0 unspecified atom stereocenters. The minimum atomic E-state index is -0.591. The molecule has 2 rings (SSSR count). The summed E-state index contributed by atoms with van der Waals surface area (Å²) >= 11 is 0. The van der Waals surface area contributed by atoms with Crippen molar-refractivity contribution in [2.24, 2.45) is 0 Å². The number of rotatable bonds is 9. The normalized spacial score (nSPS) is 11.7. The summed E-state index contributed by atoms with van der Waals surface area (Å²) in [4.78, 5) is 25.8. The highest BCUT2D eigenvalue weighted by molar-refractivity contribution is 5.89. The fourth-order valence-electron chi connectivity index (χ4n) is 2.68. The summed E-state index contributed by atoms with van der Waals surface area (Å²) in [6, 6.07) is 14.9. The first-order valence-electron chi connectivity index (χ1n) is 9.42. The lowest BCUT2D eigenvalue weighted by atomic mass is 10.1. The van der Waals surface area contributed by atoms with Crippen LogP contribution in [0.15, 0.2) is 54.6 Å². The van der Waals surface area contributed by atoms with Gasteiger partial charge in [0.05, 0.1) is 19.8 Å². The van der Waals surface area contributed by atoms with E-state index in [-0.39, 0.29) is 18.6 Å². The zero-order valence-electron chi connectivity index (χ0n) is 17.3. The SMILES string of the molecule is CCOc1ccc(/C=C/C(=O)OCC(=O)N(C)[C@H](C)c2ccccc2)cc1OC. The summed E-state index contributed by atoms with van der Waals surface area (Å²) in [5, 5.41) is 0. The van der Waals surface area contributed by atoms with Crippen molar-refractivity contribution in [2.75, 3.05) is 27.4 Å². The van der Waals surface area contributed by atoms with Crippen molar-refractivity contribution in [3.05, 3.63) is 65.7 Å². The second kappa shape index (κ2) is 10.9. The van der Waals surface area contributed by atoms with Crippen molar-refractivity contribution in [3.63, 3.8) is 0 Å². The molecule has 6 heteroatoms. The first-order valence-corrected chi connectivity index (χ1v) is 9.42. The average Bonchev–Trinajstić information content (AvgIpc) is 2.76. The van der Waals surface area contributed by atoms with Crippen LogP contribution in [0.5, 0.6) is 11.5 Å². The Morgan fingerprint density at radius 1 is 1.10 bits per heavy atom. The van der Waals surface area contributed by atoms with Gasteiger partial charge in [0.1, 0.15) is 0 Å². The highest BCUT2D eigenvalue weighted by atomic mass is 16.5. The summed E-state index contributed by atoms with van der Waals surface area (Å²) in [6.45, 7) is 4.03.